The number of ketones is 1. The van der Waals surface area contributed by atoms with Crippen molar-refractivity contribution in [2.45, 2.75) is 60.8 Å². The van der Waals surface area contributed by atoms with E-state index in [1.807, 2.05) is 54.7 Å². The van der Waals surface area contributed by atoms with E-state index in [0.717, 1.165) is 49.5 Å². The van der Waals surface area contributed by atoms with Gasteiger partial charge in [0, 0.05) is 85.1 Å². The number of fused-ring (bicyclic) bond motifs is 2. The number of rotatable bonds is 18. The van der Waals surface area contributed by atoms with Gasteiger partial charge in [0.15, 0.2) is 17.9 Å². The molecule has 33 heteroatoms. The summed E-state index contributed by atoms with van der Waals surface area (Å²) < 4.78 is 65.8. The van der Waals surface area contributed by atoms with Gasteiger partial charge in [-0.15, -0.1) is 0 Å². The number of pyridine rings is 2. The number of alkyl halides is 5. The number of methoxy groups -OCH3 is 3. The van der Waals surface area contributed by atoms with Crippen molar-refractivity contribution in [3.63, 3.8) is 0 Å². The number of carboxylic acid groups (broad SMARTS) is 1. The number of ether oxygens (including phenoxy) is 3. The molecule has 124 heavy (non-hydrogen) atoms. The number of nitrogens with zero attached hydrogens (tertiary/aromatic N) is 3. The van der Waals surface area contributed by atoms with E-state index in [4.69, 9.17) is 126 Å². The fraction of sp³-hybridized carbons (Fsp3) is 0.143. The second kappa shape index (κ2) is 59.5. The van der Waals surface area contributed by atoms with Crippen LogP contribution < -0.4 is 46.3 Å². The van der Waals surface area contributed by atoms with Gasteiger partial charge in [-0.2, -0.15) is 5.26 Å². The number of anilines is 5. The molecule has 648 valence electrons. The number of halogens is 14. The molecule has 0 saturated carbocycles. The number of nitrogens with one attached hydrogen (secondary N) is 3. The summed E-state index contributed by atoms with van der Waals surface area (Å²) >= 11 is 51.5. The van der Waals surface area contributed by atoms with Crippen molar-refractivity contribution < 1.29 is 85.2 Å². The third-order valence-electron chi connectivity index (χ3n) is 16.0. The van der Waals surface area contributed by atoms with Crippen LogP contribution in [0.3, 0.4) is 0 Å². The molecule has 0 fully saturated rings. The molecule has 0 radical (unpaired) electrons. The molecule has 11 aromatic carbocycles. The van der Waals surface area contributed by atoms with Crippen LogP contribution >= 0.6 is 120 Å². The normalized spacial score (nSPS) is 10.8. The first-order valence-corrected chi connectivity index (χ1v) is 39.5. The van der Waals surface area contributed by atoms with Gasteiger partial charge in [-0.3, -0.25) is 24.4 Å². The number of nitrogens with two attached hydrogens (primary N) is 2. The van der Waals surface area contributed by atoms with E-state index < -0.39 is 55.6 Å². The molecule has 13 aromatic rings. The van der Waals surface area contributed by atoms with E-state index in [2.05, 4.69) is 51.3 Å². The van der Waals surface area contributed by atoms with Crippen LogP contribution in [0.4, 0.5) is 46.0 Å². The summed E-state index contributed by atoms with van der Waals surface area (Å²) in [5.74, 6) is -3.92. The maximum Gasteiger partial charge on any atom is 1.00 e. The average molecular weight is 1930 g/mol. The van der Waals surface area contributed by atoms with Gasteiger partial charge in [-0.25, -0.2) is 27.2 Å². The van der Waals surface area contributed by atoms with Crippen LogP contribution in [0.25, 0.3) is 21.5 Å². The molecule has 0 aliphatic carbocycles. The Balaban J connectivity index is 0.000000731. The molecule has 4 atom stereocenters. The van der Waals surface area contributed by atoms with Gasteiger partial charge in [0.2, 0.25) is 0 Å². The summed E-state index contributed by atoms with van der Waals surface area (Å²) in [5.41, 5.74) is 17.1. The number of hydrogen-bond acceptors (Lipinski definition) is 17. The molecule has 0 aliphatic heterocycles. The fourth-order valence-corrected chi connectivity index (χ4v) is 11.3. The van der Waals surface area contributed by atoms with E-state index in [1.54, 1.807) is 207 Å². The first-order valence-electron chi connectivity index (χ1n) is 35.2. The number of esters is 3. The number of aliphatic carboxylic acids is 1. The van der Waals surface area contributed by atoms with E-state index in [9.17, 15) is 46.6 Å². The first-order chi connectivity index (χ1) is 57.3. The Morgan fingerprint density at radius 1 is 0.452 bits per heavy atom. The molecular weight excluding hydrogens is 1850 g/mol. The molecule has 0 amide bonds. The van der Waals surface area contributed by atoms with Gasteiger partial charge in [0.1, 0.15) is 34.1 Å². The number of aromatic nitrogens is 2. The van der Waals surface area contributed by atoms with Crippen LogP contribution in [0.5, 0.6) is 0 Å². The topological polar surface area (TPSA) is 301 Å². The number of para-hydroxylation sites is 4. The number of Topliss-reactive ketones (excluding diaryl/α,β-unsaturated/α-hetero) is 1. The zero-order valence-corrected chi connectivity index (χ0v) is 73.8. The maximum absolute atomic E-state index is 14.2. The van der Waals surface area contributed by atoms with Gasteiger partial charge in [-0.1, -0.05) is 275 Å². The quantitative estimate of drug-likeness (QED) is 0.0116. The summed E-state index contributed by atoms with van der Waals surface area (Å²) in [7, 11) is 4.01. The molecule has 0 bridgehead atoms. The molecular formula is C91H85BrCl9F4LiN8O10. The molecule has 0 spiro atoms. The molecule has 13 rings (SSSR count). The zero-order valence-electron chi connectivity index (χ0n) is 65.4. The number of nitriles is 1. The van der Waals surface area contributed by atoms with Gasteiger partial charge in [0.25, 0.3) is 3.25 Å². The molecule has 18 nitrogen and oxygen atoms in total. The van der Waals surface area contributed by atoms with Crippen molar-refractivity contribution in [3.8, 4) is 6.07 Å². The Kier molecular flexibility index (Phi) is 53.6. The van der Waals surface area contributed by atoms with Crippen LogP contribution in [-0.2, 0) is 51.0 Å². The second-order valence-electron chi connectivity index (χ2n) is 24.3. The van der Waals surface area contributed by atoms with Crippen molar-refractivity contribution in [3.05, 3.63) is 373 Å². The number of nitrogen functional groups attached to an aromatic ring is 2. The number of hydrogen-bond donors (Lipinski definition) is 6. The Hall–Kier alpha value is -10.4. The molecule has 9 N–H and O–H groups in total. The third-order valence-corrected chi connectivity index (χ3v) is 18.1. The van der Waals surface area contributed by atoms with Crippen molar-refractivity contribution in [1.29, 1.82) is 5.26 Å². The van der Waals surface area contributed by atoms with Gasteiger partial charge < -0.3 is 52.2 Å². The van der Waals surface area contributed by atoms with Crippen LogP contribution in [0.15, 0.2) is 292 Å². The second-order valence-corrected chi connectivity index (χ2v) is 30.8. The monoisotopic (exact) mass is 1930 g/mol. The van der Waals surface area contributed by atoms with Gasteiger partial charge >= 0.3 is 42.7 Å². The Morgan fingerprint density at radius 3 is 1.15 bits per heavy atom. The summed E-state index contributed by atoms with van der Waals surface area (Å²) in [4.78, 5) is 66.1. The minimum atomic E-state index is -1.61. The molecule has 0 aliphatic rings. The van der Waals surface area contributed by atoms with Crippen molar-refractivity contribution in [2.75, 3.05) is 48.7 Å². The maximum atomic E-state index is 14.2. The predicted molar refractivity (Wildman–Crippen MR) is 495 cm³/mol. The number of benzene rings is 11. The number of carboxylic acids is 1. The summed E-state index contributed by atoms with van der Waals surface area (Å²) in [6.07, 6.45) is 7.55. The molecule has 2 heterocycles. The largest absolute Gasteiger partial charge is 1.00 e. The first kappa shape index (κ1) is 112. The van der Waals surface area contributed by atoms with Crippen LogP contribution in [0.1, 0.15) is 78.1 Å². The van der Waals surface area contributed by atoms with Crippen molar-refractivity contribution in [2.24, 2.45) is 0 Å². The molecule has 4 unspecified atom stereocenters. The van der Waals surface area contributed by atoms with E-state index in [-0.39, 0.29) is 91.9 Å². The smallest absolute Gasteiger partial charge is 0.870 e. The number of carbonyl (C=O) groups excluding carboxylic acids is 4. The fourth-order valence-electron chi connectivity index (χ4n) is 10.2. The SMILES string of the molecule is C.C.CC#N.COC(=O)C(Br)c1ccc(Cl)cc1.COC(=O)C(Nc1ccccc1F)c1ccc(Cl)cc1.COC(=O)Cc1ccc(Cl)cc1.ClC(Cl)(Cl)Cl.Nc1cccc2cnccc12.Nc1ccccc1F.O=C(Cc1cccc2cnccc12)C(Nc1ccccc1F)c1ccc(Cl)cc1.O=C(O)C(Nc1ccccc1F)c1ccc(Cl)cc1.[Li+].[OH-]. The minimum Gasteiger partial charge on any atom is -0.870 e. The average Bonchev–Trinajstić information content (AvgIpc) is 0.816. The molecule has 2 aromatic heterocycles. The standard InChI is InChI=1S/C24H18ClFN2O.C15H13ClFNO2.C14H11ClFNO2.C9H8BrClO2.C9H9ClO2.C9H8N2.C6H6FN.C2H3N.CCl4.2CH4.Li.H2O/c25-19-10-8-16(9-11-19)24(28-22-7-2-1-6-21(22)26)23(29)14-17-4-3-5-18-15-27-13-12-20(17)18;1-20-15(19)14(10-6-8-11(16)9-7-10)18-13-5-3-2-4-12(13)17;15-10-7-5-9(6-8-10)13(14(18)19)17-12-4-2-1-3-11(12)16;1-13-9(12)8(10)6-2-4-7(11)5-3-6;1-12-9(11)6-7-2-4-8(10)5-3-7;10-9-3-1-2-7-6-11-5-4-8(7)9;7-5-3-1-2-4-6(5)8;1-2-3;2-1(3,4)5;;;;/h1-13,15,24,28H,14H2;2-9,14,18H,1H3;1-8,13,17H,(H,18,19);2-5,8H,1H3;2-5H,6H2,1H3;1-6H,10H2;1-4H,8H2;1H3;;2*1H4;;1H2/q;;;;;;;;;;;+1;/p-1. The van der Waals surface area contributed by atoms with E-state index in [1.165, 1.54) is 64.7 Å². The van der Waals surface area contributed by atoms with Crippen molar-refractivity contribution >= 4 is 200 Å². The number of carbonyl (C=O) groups is 5. The van der Waals surface area contributed by atoms with Crippen molar-refractivity contribution in [1.82, 2.24) is 9.97 Å². The predicted octanol–water partition coefficient (Wildman–Crippen LogP) is 22.9. The molecule has 0 saturated heterocycles. The Labute approximate surface area is 782 Å². The summed E-state index contributed by atoms with van der Waals surface area (Å²) in [5, 5.41) is 32.2. The summed E-state index contributed by atoms with van der Waals surface area (Å²) in [6.45, 7) is 1.43. The van der Waals surface area contributed by atoms with Crippen LogP contribution in [-0.4, -0.2) is 74.8 Å². The van der Waals surface area contributed by atoms with E-state index in [0.29, 0.717) is 42.7 Å². The Morgan fingerprint density at radius 2 is 0.782 bits per heavy atom. The van der Waals surface area contributed by atoms with Crippen LogP contribution in [0, 0.1) is 34.6 Å². The summed E-state index contributed by atoms with van der Waals surface area (Å²) in [6, 6.07) is 73.4. The Bertz CT molecular complexity index is 5420. The minimum absolute atomic E-state index is 0. The van der Waals surface area contributed by atoms with E-state index >= 15 is 0 Å². The zero-order chi connectivity index (χ0) is 88.3. The van der Waals surface area contributed by atoms with Crippen LogP contribution in [0.2, 0.25) is 25.1 Å². The van der Waals surface area contributed by atoms with Gasteiger partial charge in [0.05, 0.1) is 56.6 Å². The third kappa shape index (κ3) is 40.5. The van der Waals surface area contributed by atoms with Gasteiger partial charge in [-0.05, 0) is 166 Å².